The fraction of sp³-hybridized carbons (Fsp3) is 0.303. The fourth-order valence-electron chi connectivity index (χ4n) is 6.21. The van der Waals surface area contributed by atoms with E-state index >= 15 is 0 Å². The van der Waals surface area contributed by atoms with E-state index in [9.17, 15) is 9.59 Å². The molecule has 1 N–H and O–H groups in total. The summed E-state index contributed by atoms with van der Waals surface area (Å²) in [5, 5.41) is 3.60. The summed E-state index contributed by atoms with van der Waals surface area (Å²) >= 11 is 1.35. The zero-order valence-electron chi connectivity index (χ0n) is 22.1. The van der Waals surface area contributed by atoms with E-state index < -0.39 is 0 Å². The first kappa shape index (κ1) is 25.6. The number of fused-ring (bicyclic) bond motifs is 4. The second-order valence-electron chi connectivity index (χ2n) is 10.7. The van der Waals surface area contributed by atoms with Crippen molar-refractivity contribution in [1.82, 2.24) is 14.9 Å². The van der Waals surface area contributed by atoms with E-state index in [-0.39, 0.29) is 22.6 Å². The number of thioether (sulfide) groups is 1. The van der Waals surface area contributed by atoms with Crippen molar-refractivity contribution in [3.05, 3.63) is 118 Å². The molecule has 2 aliphatic carbocycles. The molecule has 0 aliphatic heterocycles. The van der Waals surface area contributed by atoms with Crippen molar-refractivity contribution in [3.63, 3.8) is 0 Å². The number of rotatable bonds is 7. The second-order valence-corrected chi connectivity index (χ2v) is 11.7. The van der Waals surface area contributed by atoms with Crippen molar-refractivity contribution in [2.24, 2.45) is 0 Å². The predicted octanol–water partition coefficient (Wildman–Crippen LogP) is 6.13. The molecule has 198 valence electrons. The standard InChI is InChI=1S/C33H33N3O2S/c37-28(34-21-24-12-4-1-5-13-24)23-39-32-35-30-27-17-9-8-16-26(27)20-33(18-10-3-11-19-33)29(30)31(38)36(32)22-25-14-6-2-7-15-25/h1-2,4-9,12-17H,3,10-11,18-23H2,(H,34,37). The summed E-state index contributed by atoms with van der Waals surface area (Å²) in [6.45, 7) is 0.913. The second kappa shape index (κ2) is 11.2. The van der Waals surface area contributed by atoms with Crippen LogP contribution in [0.25, 0.3) is 11.3 Å². The Morgan fingerprint density at radius 3 is 2.28 bits per heavy atom. The number of hydrogen-bond donors (Lipinski definition) is 1. The molecule has 2 aliphatic rings. The monoisotopic (exact) mass is 535 g/mol. The maximum absolute atomic E-state index is 14.5. The Hall–Kier alpha value is -3.64. The van der Waals surface area contributed by atoms with Gasteiger partial charge in [0.25, 0.3) is 5.56 Å². The summed E-state index contributed by atoms with van der Waals surface area (Å²) in [7, 11) is 0. The van der Waals surface area contributed by atoms with Gasteiger partial charge >= 0.3 is 0 Å². The number of benzene rings is 3. The molecule has 39 heavy (non-hydrogen) atoms. The van der Waals surface area contributed by atoms with E-state index in [1.54, 1.807) is 0 Å². The molecular weight excluding hydrogens is 502 g/mol. The molecule has 0 atom stereocenters. The Balaban J connectivity index is 1.39. The molecule has 1 aromatic heterocycles. The van der Waals surface area contributed by atoms with Crippen LogP contribution in [-0.2, 0) is 29.7 Å². The third-order valence-corrected chi connectivity index (χ3v) is 9.10. The van der Waals surface area contributed by atoms with Crippen molar-refractivity contribution in [2.45, 2.75) is 62.2 Å². The Morgan fingerprint density at radius 2 is 1.54 bits per heavy atom. The molecular formula is C33H33N3O2S. The number of amides is 1. The highest BCUT2D eigenvalue weighted by atomic mass is 32.2. The molecule has 0 radical (unpaired) electrons. The lowest BCUT2D eigenvalue weighted by Crippen LogP contribution is -2.43. The highest BCUT2D eigenvalue weighted by molar-refractivity contribution is 7.99. The third-order valence-electron chi connectivity index (χ3n) is 8.12. The number of hydrogen-bond acceptors (Lipinski definition) is 4. The quantitative estimate of drug-likeness (QED) is 0.229. The number of aromatic nitrogens is 2. The van der Waals surface area contributed by atoms with Gasteiger partial charge in [0, 0.05) is 17.5 Å². The minimum Gasteiger partial charge on any atom is -0.351 e. The number of nitrogens with zero attached hydrogens (tertiary/aromatic N) is 2. The normalized spacial score (nSPS) is 15.4. The summed E-state index contributed by atoms with van der Waals surface area (Å²) in [5.41, 5.74) is 6.02. The van der Waals surface area contributed by atoms with Gasteiger partial charge in [-0.2, -0.15) is 0 Å². The Bertz CT molecular complexity index is 1530. The molecule has 4 aromatic rings. The SMILES string of the molecule is O=C(CSc1nc2c(c(=O)n1Cc1ccccc1)C1(CCCCC1)Cc1ccccc1-2)NCc1ccccc1. The van der Waals surface area contributed by atoms with Crippen LogP contribution < -0.4 is 10.9 Å². The van der Waals surface area contributed by atoms with Crippen LogP contribution in [0.3, 0.4) is 0 Å². The van der Waals surface area contributed by atoms with Crippen LogP contribution in [-0.4, -0.2) is 21.2 Å². The van der Waals surface area contributed by atoms with Crippen LogP contribution in [0.2, 0.25) is 0 Å². The summed E-state index contributed by atoms with van der Waals surface area (Å²) < 4.78 is 1.81. The van der Waals surface area contributed by atoms with E-state index in [1.807, 2.05) is 71.3 Å². The topological polar surface area (TPSA) is 64.0 Å². The van der Waals surface area contributed by atoms with Gasteiger partial charge in [-0.25, -0.2) is 4.98 Å². The minimum absolute atomic E-state index is 0.0486. The lowest BCUT2D eigenvalue weighted by Gasteiger charge is -2.42. The molecule has 1 heterocycles. The van der Waals surface area contributed by atoms with Crippen molar-refractivity contribution in [3.8, 4) is 11.3 Å². The summed E-state index contributed by atoms with van der Waals surface area (Å²) in [6, 6.07) is 28.3. The van der Waals surface area contributed by atoms with Crippen LogP contribution in [0, 0.1) is 0 Å². The summed E-state index contributed by atoms with van der Waals surface area (Å²) in [6.07, 6.45) is 6.43. The first-order valence-electron chi connectivity index (χ1n) is 13.8. The Labute approximate surface area is 233 Å². The lowest BCUT2D eigenvalue weighted by atomic mass is 9.62. The van der Waals surface area contributed by atoms with Crippen LogP contribution in [0.5, 0.6) is 0 Å². The van der Waals surface area contributed by atoms with Gasteiger partial charge in [-0.3, -0.25) is 14.2 Å². The van der Waals surface area contributed by atoms with Gasteiger partial charge in [0.1, 0.15) is 0 Å². The van der Waals surface area contributed by atoms with Crippen LogP contribution in [0.15, 0.2) is 94.9 Å². The predicted molar refractivity (Wildman–Crippen MR) is 157 cm³/mol. The van der Waals surface area contributed by atoms with E-state index in [0.29, 0.717) is 18.2 Å². The molecule has 3 aromatic carbocycles. The molecule has 1 saturated carbocycles. The van der Waals surface area contributed by atoms with Crippen molar-refractivity contribution < 1.29 is 4.79 Å². The molecule has 6 rings (SSSR count). The highest BCUT2D eigenvalue weighted by Gasteiger charge is 2.43. The Morgan fingerprint density at radius 1 is 0.872 bits per heavy atom. The number of carbonyl (C=O) groups excluding carboxylic acids is 1. The molecule has 1 amide bonds. The summed E-state index contributed by atoms with van der Waals surface area (Å²) in [4.78, 5) is 32.5. The van der Waals surface area contributed by atoms with Crippen molar-refractivity contribution >= 4 is 17.7 Å². The summed E-state index contributed by atoms with van der Waals surface area (Å²) in [5.74, 6) is 0.117. The molecule has 6 heteroatoms. The fourth-order valence-corrected chi connectivity index (χ4v) is 7.04. The number of carbonyl (C=O) groups is 1. The number of nitrogens with one attached hydrogen (secondary N) is 1. The molecule has 0 unspecified atom stereocenters. The first-order valence-corrected chi connectivity index (χ1v) is 14.8. The van der Waals surface area contributed by atoms with Crippen LogP contribution >= 0.6 is 11.8 Å². The van der Waals surface area contributed by atoms with E-state index in [4.69, 9.17) is 4.98 Å². The zero-order chi connectivity index (χ0) is 26.7. The van der Waals surface area contributed by atoms with Gasteiger partial charge in [-0.15, -0.1) is 0 Å². The minimum atomic E-state index is -0.166. The maximum Gasteiger partial charge on any atom is 0.258 e. The molecule has 0 saturated heterocycles. The van der Waals surface area contributed by atoms with Crippen molar-refractivity contribution in [1.29, 1.82) is 0 Å². The van der Waals surface area contributed by atoms with E-state index in [2.05, 4.69) is 23.5 Å². The largest absolute Gasteiger partial charge is 0.351 e. The smallest absolute Gasteiger partial charge is 0.258 e. The van der Waals surface area contributed by atoms with Gasteiger partial charge in [0.15, 0.2) is 5.16 Å². The average molecular weight is 536 g/mol. The van der Waals surface area contributed by atoms with E-state index in [0.717, 1.165) is 60.1 Å². The molecule has 1 spiro atoms. The molecule has 0 bridgehead atoms. The van der Waals surface area contributed by atoms with Gasteiger partial charge in [0.2, 0.25) is 5.91 Å². The third kappa shape index (κ3) is 5.30. The first-order chi connectivity index (χ1) is 19.1. The lowest BCUT2D eigenvalue weighted by molar-refractivity contribution is -0.118. The molecule has 1 fully saturated rings. The van der Waals surface area contributed by atoms with Gasteiger partial charge in [-0.1, -0.05) is 116 Å². The van der Waals surface area contributed by atoms with Gasteiger partial charge in [-0.05, 0) is 36.0 Å². The van der Waals surface area contributed by atoms with Gasteiger partial charge in [0.05, 0.1) is 23.6 Å². The van der Waals surface area contributed by atoms with Crippen molar-refractivity contribution in [2.75, 3.05) is 5.75 Å². The van der Waals surface area contributed by atoms with Crippen LogP contribution in [0.4, 0.5) is 0 Å². The van der Waals surface area contributed by atoms with Crippen LogP contribution in [0.1, 0.15) is 54.4 Å². The van der Waals surface area contributed by atoms with Gasteiger partial charge < -0.3 is 5.32 Å². The highest BCUT2D eigenvalue weighted by Crippen LogP contribution is 2.48. The van der Waals surface area contributed by atoms with E-state index in [1.165, 1.54) is 23.7 Å². The average Bonchev–Trinajstić information content (AvgIpc) is 2.98. The molecule has 5 nitrogen and oxygen atoms in total. The zero-order valence-corrected chi connectivity index (χ0v) is 22.9. The Kier molecular flexibility index (Phi) is 7.38. The maximum atomic E-state index is 14.5.